The molecule has 30 heavy (non-hydrogen) atoms. The van der Waals surface area contributed by atoms with Gasteiger partial charge in [0.2, 0.25) is 0 Å². The van der Waals surface area contributed by atoms with E-state index in [4.69, 9.17) is 14.2 Å². The van der Waals surface area contributed by atoms with E-state index in [2.05, 4.69) is 52.0 Å². The van der Waals surface area contributed by atoms with E-state index in [1.54, 1.807) is 11.8 Å². The number of hydrogen-bond donors (Lipinski definition) is 1. The topological polar surface area (TPSA) is 51.2 Å². The maximum atomic E-state index is 10.1. The monoisotopic (exact) mass is 430 g/mol. The van der Waals surface area contributed by atoms with Gasteiger partial charge in [0, 0.05) is 11.2 Å². The van der Waals surface area contributed by atoms with Gasteiger partial charge in [-0.2, -0.15) is 11.8 Å². The zero-order valence-corrected chi connectivity index (χ0v) is 19.3. The zero-order chi connectivity index (χ0) is 21.6. The molecule has 5 heteroatoms. The van der Waals surface area contributed by atoms with E-state index in [1.807, 2.05) is 24.3 Å². The van der Waals surface area contributed by atoms with Crippen LogP contribution in [-0.2, 0) is 10.2 Å². The maximum Gasteiger partial charge on any atom is 0.119 e. The summed E-state index contributed by atoms with van der Waals surface area (Å²) >= 11 is 1.77. The summed E-state index contributed by atoms with van der Waals surface area (Å²) in [4.78, 5) is 0. The average Bonchev–Trinajstić information content (AvgIpc) is 3.56. The summed E-state index contributed by atoms with van der Waals surface area (Å²) in [5.41, 5.74) is 2.30. The van der Waals surface area contributed by atoms with Gasteiger partial charge in [0.25, 0.3) is 0 Å². The third kappa shape index (κ3) is 6.93. The van der Waals surface area contributed by atoms with Crippen molar-refractivity contribution in [1.29, 1.82) is 0 Å². The lowest BCUT2D eigenvalue weighted by atomic mass is 9.78. The van der Waals surface area contributed by atoms with E-state index >= 15 is 0 Å². The molecule has 164 valence electrons. The Morgan fingerprint density at radius 2 is 1.50 bits per heavy atom. The number of aliphatic hydroxyl groups is 1. The van der Waals surface area contributed by atoms with Crippen molar-refractivity contribution >= 4 is 11.8 Å². The lowest BCUT2D eigenvalue weighted by Gasteiger charge is -2.26. The minimum atomic E-state index is -0.447. The predicted molar refractivity (Wildman–Crippen MR) is 124 cm³/mol. The van der Waals surface area contributed by atoms with Gasteiger partial charge < -0.3 is 19.3 Å². The largest absolute Gasteiger partial charge is 0.491 e. The van der Waals surface area contributed by atoms with Crippen LogP contribution in [0, 0.1) is 5.92 Å². The fourth-order valence-electron chi connectivity index (χ4n) is 3.14. The first-order valence-corrected chi connectivity index (χ1v) is 11.8. The molecule has 0 radical (unpaired) electrons. The molecule has 2 unspecified atom stereocenters. The number of benzene rings is 2. The third-order valence-electron chi connectivity index (χ3n) is 5.19. The van der Waals surface area contributed by atoms with Gasteiger partial charge >= 0.3 is 0 Å². The van der Waals surface area contributed by atoms with Crippen molar-refractivity contribution in [2.24, 2.45) is 5.92 Å². The fourth-order valence-corrected chi connectivity index (χ4v) is 4.11. The van der Waals surface area contributed by atoms with Gasteiger partial charge in [-0.1, -0.05) is 52.0 Å². The summed E-state index contributed by atoms with van der Waals surface area (Å²) in [7, 11) is 0. The molecule has 2 atom stereocenters. The molecule has 2 aromatic rings. The first-order valence-electron chi connectivity index (χ1n) is 10.7. The van der Waals surface area contributed by atoms with Crippen molar-refractivity contribution in [2.75, 3.05) is 31.3 Å². The van der Waals surface area contributed by atoms with Crippen molar-refractivity contribution in [3.63, 3.8) is 0 Å². The Morgan fingerprint density at radius 1 is 0.967 bits per heavy atom. The number of aliphatic hydroxyl groups excluding tert-OH is 1. The first kappa shape index (κ1) is 23.0. The number of thioether (sulfide) groups is 1. The number of epoxide rings is 1. The Balaban J connectivity index is 1.52. The highest BCUT2D eigenvalue weighted by atomic mass is 32.2. The normalized spacial score (nSPS) is 17.1. The molecular weight excluding hydrogens is 396 g/mol. The van der Waals surface area contributed by atoms with Crippen LogP contribution in [0.1, 0.15) is 38.8 Å². The average molecular weight is 431 g/mol. The highest BCUT2D eigenvalue weighted by Gasteiger charge is 2.25. The maximum absolute atomic E-state index is 10.1. The molecule has 1 N–H and O–H groups in total. The number of hydrogen-bond acceptors (Lipinski definition) is 5. The van der Waals surface area contributed by atoms with Crippen molar-refractivity contribution in [1.82, 2.24) is 0 Å². The van der Waals surface area contributed by atoms with Crippen LogP contribution < -0.4 is 9.47 Å². The van der Waals surface area contributed by atoms with E-state index in [0.29, 0.717) is 24.9 Å². The molecule has 0 amide bonds. The molecule has 0 saturated carbocycles. The Hall–Kier alpha value is -1.69. The van der Waals surface area contributed by atoms with Gasteiger partial charge in [-0.15, -0.1) is 0 Å². The molecule has 4 nitrogen and oxygen atoms in total. The van der Waals surface area contributed by atoms with E-state index in [9.17, 15) is 5.11 Å². The smallest absolute Gasteiger partial charge is 0.119 e. The Kier molecular flexibility index (Phi) is 8.09. The minimum Gasteiger partial charge on any atom is -0.491 e. The minimum absolute atomic E-state index is 0.135. The molecule has 1 aliphatic rings. The highest BCUT2D eigenvalue weighted by Crippen LogP contribution is 2.33. The van der Waals surface area contributed by atoms with Crippen LogP contribution in [0.5, 0.6) is 11.5 Å². The van der Waals surface area contributed by atoms with Crippen molar-refractivity contribution in [2.45, 2.75) is 45.3 Å². The second-order valence-electron chi connectivity index (χ2n) is 8.84. The Labute approximate surface area is 184 Å². The summed E-state index contributed by atoms with van der Waals surface area (Å²) in [6.45, 7) is 10.5. The van der Waals surface area contributed by atoms with Gasteiger partial charge in [0.1, 0.15) is 30.8 Å². The molecule has 0 bridgehead atoms. The molecule has 1 aliphatic heterocycles. The number of ether oxygens (including phenoxy) is 3. The van der Waals surface area contributed by atoms with Crippen LogP contribution >= 0.6 is 11.8 Å². The molecule has 1 fully saturated rings. The molecular formula is C25H34O4S. The SMILES string of the molecule is CC(C)CSCC(O)COc1ccc(C(C)(C)c2ccc(OCC3CO3)cc2)cc1. The fraction of sp³-hybridized carbons (Fsp3) is 0.520. The van der Waals surface area contributed by atoms with E-state index in [1.165, 1.54) is 11.1 Å². The lowest BCUT2D eigenvalue weighted by molar-refractivity contribution is 0.126. The lowest BCUT2D eigenvalue weighted by Crippen LogP contribution is -2.21. The van der Waals surface area contributed by atoms with Crippen LogP contribution in [0.15, 0.2) is 48.5 Å². The number of rotatable bonds is 12. The second kappa shape index (κ2) is 10.6. The van der Waals surface area contributed by atoms with E-state index < -0.39 is 6.10 Å². The van der Waals surface area contributed by atoms with Gasteiger partial charge in [-0.05, 0) is 47.1 Å². The summed E-state index contributed by atoms with van der Waals surface area (Å²) in [6, 6.07) is 16.5. The second-order valence-corrected chi connectivity index (χ2v) is 9.91. The zero-order valence-electron chi connectivity index (χ0n) is 18.5. The van der Waals surface area contributed by atoms with Gasteiger partial charge in [0.15, 0.2) is 0 Å². The van der Waals surface area contributed by atoms with Crippen molar-refractivity contribution in [3.05, 3.63) is 59.7 Å². The van der Waals surface area contributed by atoms with Crippen LogP contribution in [-0.4, -0.2) is 48.6 Å². The van der Waals surface area contributed by atoms with E-state index in [-0.39, 0.29) is 11.5 Å². The molecule has 0 spiro atoms. The highest BCUT2D eigenvalue weighted by molar-refractivity contribution is 7.99. The molecule has 2 aromatic carbocycles. The Morgan fingerprint density at radius 3 is 2.00 bits per heavy atom. The molecule has 0 aliphatic carbocycles. The summed E-state index contributed by atoms with van der Waals surface area (Å²) in [5, 5.41) is 10.1. The Bertz CT molecular complexity index is 767. The summed E-state index contributed by atoms with van der Waals surface area (Å²) in [6.07, 6.45) is -0.182. The van der Waals surface area contributed by atoms with Gasteiger partial charge in [-0.25, -0.2) is 0 Å². The molecule has 1 saturated heterocycles. The predicted octanol–water partition coefficient (Wildman–Crippen LogP) is 4.92. The standard InChI is InChI=1S/C25H34O4S/c1-18(2)16-30-17-21(26)13-27-22-9-5-19(6-10-22)25(3,4)20-7-11-23(12-8-20)28-14-24-15-29-24/h5-12,18,21,24,26H,13-17H2,1-4H3. The molecule has 3 rings (SSSR count). The summed E-state index contributed by atoms with van der Waals surface area (Å²) in [5.74, 6) is 4.06. The van der Waals surface area contributed by atoms with Gasteiger partial charge in [0.05, 0.1) is 12.7 Å². The molecule has 1 heterocycles. The van der Waals surface area contributed by atoms with Crippen LogP contribution in [0.2, 0.25) is 0 Å². The summed E-state index contributed by atoms with van der Waals surface area (Å²) < 4.78 is 16.7. The van der Waals surface area contributed by atoms with Crippen LogP contribution in [0.4, 0.5) is 0 Å². The van der Waals surface area contributed by atoms with Crippen molar-refractivity contribution < 1.29 is 19.3 Å². The first-order chi connectivity index (χ1) is 14.3. The van der Waals surface area contributed by atoms with Gasteiger partial charge in [-0.3, -0.25) is 0 Å². The quantitative estimate of drug-likeness (QED) is 0.485. The third-order valence-corrected chi connectivity index (χ3v) is 6.72. The van der Waals surface area contributed by atoms with Crippen LogP contribution in [0.3, 0.4) is 0 Å². The molecule has 0 aromatic heterocycles. The van der Waals surface area contributed by atoms with Crippen molar-refractivity contribution in [3.8, 4) is 11.5 Å². The van der Waals surface area contributed by atoms with Crippen LogP contribution in [0.25, 0.3) is 0 Å². The van der Waals surface area contributed by atoms with E-state index in [0.717, 1.165) is 23.9 Å².